The van der Waals surface area contributed by atoms with E-state index in [1.165, 1.54) is 12.1 Å². The molecular formula is C8H7IO3. The summed E-state index contributed by atoms with van der Waals surface area (Å²) in [5.41, 5.74) is 1.11. The molecule has 0 aromatic heterocycles. The molecule has 4 heteroatoms. The van der Waals surface area contributed by atoms with Crippen LogP contribution in [0.4, 0.5) is 0 Å². The molecular weight excluding hydrogens is 271 g/mol. The average molecular weight is 278 g/mol. The normalized spacial score (nSPS) is 10.2. The summed E-state index contributed by atoms with van der Waals surface area (Å²) in [6.07, 6.45) is 0.565. The number of hydrogen-bond donors (Lipinski definition) is 0. The zero-order valence-corrected chi connectivity index (χ0v) is 8.57. The van der Waals surface area contributed by atoms with Gasteiger partial charge in [-0.25, -0.2) is 6.14 Å². The molecule has 0 bridgehead atoms. The third-order valence-electron chi connectivity index (χ3n) is 1.45. The van der Waals surface area contributed by atoms with Gasteiger partial charge in [0, 0.05) is 5.56 Å². The zero-order valence-electron chi connectivity index (χ0n) is 6.41. The Morgan fingerprint density at radius 3 is 2.50 bits per heavy atom. The third-order valence-corrected chi connectivity index (χ3v) is 3.33. The maximum Gasteiger partial charge on any atom is 0.341 e. The van der Waals surface area contributed by atoms with Gasteiger partial charge in [-0.1, -0.05) is 12.1 Å². The van der Waals surface area contributed by atoms with Crippen molar-refractivity contribution >= 4 is 26.1 Å². The Morgan fingerprint density at radius 2 is 2.00 bits per heavy atom. The predicted octanol–water partition coefficient (Wildman–Crippen LogP) is 2.17. The summed E-state index contributed by atoms with van der Waals surface area (Å²) in [6, 6.07) is 4.76. The van der Waals surface area contributed by atoms with Crippen LogP contribution in [0.3, 0.4) is 0 Å². The van der Waals surface area contributed by atoms with Crippen LogP contribution in [0.25, 0.3) is 0 Å². The number of halogens is 1. The van der Waals surface area contributed by atoms with Crippen LogP contribution in [-0.2, 0) is 6.14 Å². The second-order valence-corrected chi connectivity index (χ2v) is 4.76. The van der Waals surface area contributed by atoms with E-state index in [0.29, 0.717) is 6.29 Å². The number of carbonyl (C=O) groups is 1. The van der Waals surface area contributed by atoms with Crippen LogP contribution in [0, 0.1) is 10.5 Å². The van der Waals surface area contributed by atoms with Crippen LogP contribution in [0.2, 0.25) is 0 Å². The van der Waals surface area contributed by atoms with Gasteiger partial charge in [0.1, 0.15) is 0 Å². The zero-order chi connectivity index (χ0) is 9.14. The molecule has 3 nitrogen and oxygen atoms in total. The summed E-state index contributed by atoms with van der Waals surface area (Å²) in [5, 5.41) is 0. The lowest BCUT2D eigenvalue weighted by Crippen LogP contribution is -1.87. The standard InChI is InChI=1S/C8H7IO3/c1-6-2-3-7(5-10)8(4-6)9(11)12/h2-5H,1H3. The average Bonchev–Trinajstić information content (AvgIpc) is 2.04. The summed E-state index contributed by atoms with van der Waals surface area (Å²) in [7, 11) is 0. The molecule has 12 heavy (non-hydrogen) atoms. The minimum Gasteiger partial charge on any atom is -0.298 e. The monoisotopic (exact) mass is 278 g/mol. The molecule has 0 spiro atoms. The number of benzene rings is 1. The lowest BCUT2D eigenvalue weighted by Gasteiger charge is -1.95. The molecule has 0 aliphatic carbocycles. The minimum atomic E-state index is -3.51. The molecule has 0 saturated carbocycles. The first-order valence-electron chi connectivity index (χ1n) is 3.26. The highest BCUT2D eigenvalue weighted by Crippen LogP contribution is 2.21. The lowest BCUT2D eigenvalue weighted by molar-refractivity contribution is 0.112. The molecule has 0 heterocycles. The van der Waals surface area contributed by atoms with Crippen LogP contribution >= 0.6 is 19.8 Å². The van der Waals surface area contributed by atoms with Gasteiger partial charge in [0.15, 0.2) is 6.29 Å². The molecule has 0 aliphatic rings. The molecule has 0 amide bonds. The van der Waals surface area contributed by atoms with Crippen LogP contribution in [0.15, 0.2) is 18.2 Å². The lowest BCUT2D eigenvalue weighted by atomic mass is 10.2. The first kappa shape index (κ1) is 9.31. The first-order valence-corrected chi connectivity index (χ1v) is 6.10. The van der Waals surface area contributed by atoms with Crippen molar-refractivity contribution in [3.05, 3.63) is 32.9 Å². The summed E-state index contributed by atoms with van der Waals surface area (Å²) < 4.78 is 21.6. The fourth-order valence-corrected chi connectivity index (χ4v) is 2.42. The summed E-state index contributed by atoms with van der Waals surface area (Å²) in [6.45, 7) is 1.79. The topological polar surface area (TPSA) is 51.2 Å². The Hall–Kier alpha value is -0.780. The van der Waals surface area contributed by atoms with Gasteiger partial charge >= 0.3 is 19.8 Å². The molecule has 0 radical (unpaired) electrons. The van der Waals surface area contributed by atoms with Gasteiger partial charge in [-0.3, -0.25) is 4.79 Å². The van der Waals surface area contributed by atoms with Crippen molar-refractivity contribution in [3.8, 4) is 0 Å². The molecule has 1 aromatic carbocycles. The molecule has 0 aliphatic heterocycles. The molecule has 0 fully saturated rings. The van der Waals surface area contributed by atoms with Crippen molar-refractivity contribution < 1.29 is 10.9 Å². The Balaban J connectivity index is 3.40. The van der Waals surface area contributed by atoms with Crippen molar-refractivity contribution in [2.75, 3.05) is 0 Å². The molecule has 1 aromatic rings. The SMILES string of the molecule is Cc1ccc(C=O)c(I(=O)=O)c1. The van der Waals surface area contributed by atoms with Crippen LogP contribution in [0.5, 0.6) is 0 Å². The molecule has 0 atom stereocenters. The van der Waals surface area contributed by atoms with Gasteiger partial charge in [-0.05, 0) is 18.6 Å². The van der Waals surface area contributed by atoms with E-state index in [4.69, 9.17) is 0 Å². The van der Waals surface area contributed by atoms with E-state index >= 15 is 0 Å². The first-order chi connectivity index (χ1) is 5.65. The number of rotatable bonds is 2. The van der Waals surface area contributed by atoms with Crippen molar-refractivity contribution in [3.63, 3.8) is 0 Å². The molecule has 0 saturated heterocycles. The second kappa shape index (κ2) is 3.75. The van der Waals surface area contributed by atoms with Gasteiger partial charge in [-0.15, -0.1) is 0 Å². The Kier molecular flexibility index (Phi) is 2.91. The predicted molar refractivity (Wildman–Crippen MR) is 50.7 cm³/mol. The number of carbonyl (C=O) groups excluding carboxylic acids is 1. The molecule has 0 N–H and O–H groups in total. The van der Waals surface area contributed by atoms with E-state index in [9.17, 15) is 10.9 Å². The highest BCUT2D eigenvalue weighted by Gasteiger charge is 2.05. The summed E-state index contributed by atoms with van der Waals surface area (Å²) >= 11 is -3.51. The van der Waals surface area contributed by atoms with Crippen LogP contribution in [0.1, 0.15) is 15.9 Å². The van der Waals surface area contributed by atoms with Crippen molar-refractivity contribution in [1.82, 2.24) is 0 Å². The molecule has 0 unspecified atom stereocenters. The smallest absolute Gasteiger partial charge is 0.298 e. The van der Waals surface area contributed by atoms with E-state index < -0.39 is 19.8 Å². The second-order valence-electron chi connectivity index (χ2n) is 2.36. The van der Waals surface area contributed by atoms with Gasteiger partial charge in [-0.2, -0.15) is 0 Å². The van der Waals surface area contributed by atoms with E-state index in [0.717, 1.165) is 5.56 Å². The maximum atomic E-state index is 10.7. The van der Waals surface area contributed by atoms with Crippen LogP contribution in [-0.4, -0.2) is 6.29 Å². The molecule has 64 valence electrons. The molecule has 1 rings (SSSR count). The van der Waals surface area contributed by atoms with E-state index in [-0.39, 0.29) is 9.13 Å². The van der Waals surface area contributed by atoms with Crippen molar-refractivity contribution in [1.29, 1.82) is 0 Å². The van der Waals surface area contributed by atoms with Crippen LogP contribution < -0.4 is 0 Å². The fraction of sp³-hybridized carbons (Fsp3) is 0.125. The Labute approximate surface area is 76.9 Å². The van der Waals surface area contributed by atoms with E-state index in [1.807, 2.05) is 0 Å². The number of aldehydes is 1. The van der Waals surface area contributed by atoms with Crippen molar-refractivity contribution in [2.45, 2.75) is 6.92 Å². The van der Waals surface area contributed by atoms with Gasteiger partial charge < -0.3 is 0 Å². The Morgan fingerprint density at radius 1 is 1.33 bits per heavy atom. The Bertz CT molecular complexity index is 372. The number of aryl methyl sites for hydroxylation is 1. The summed E-state index contributed by atoms with van der Waals surface area (Å²) in [4.78, 5) is 10.4. The van der Waals surface area contributed by atoms with E-state index in [1.54, 1.807) is 13.0 Å². The van der Waals surface area contributed by atoms with Gasteiger partial charge in [0.25, 0.3) is 0 Å². The quantitative estimate of drug-likeness (QED) is 0.615. The van der Waals surface area contributed by atoms with Gasteiger partial charge in [0.05, 0.1) is 3.57 Å². The van der Waals surface area contributed by atoms with Gasteiger partial charge in [0.2, 0.25) is 0 Å². The number of hydrogen-bond acceptors (Lipinski definition) is 3. The largest absolute Gasteiger partial charge is 0.341 e. The maximum absolute atomic E-state index is 10.7. The highest BCUT2D eigenvalue weighted by atomic mass is 127. The van der Waals surface area contributed by atoms with Crippen molar-refractivity contribution in [2.24, 2.45) is 0 Å². The van der Waals surface area contributed by atoms with E-state index in [2.05, 4.69) is 0 Å². The minimum absolute atomic E-state index is 0.189. The fourth-order valence-electron chi connectivity index (χ4n) is 0.861. The summed E-state index contributed by atoms with van der Waals surface area (Å²) in [5.74, 6) is 0. The third kappa shape index (κ3) is 1.88. The highest BCUT2D eigenvalue weighted by molar-refractivity contribution is 14.2.